The van der Waals surface area contributed by atoms with Crippen molar-refractivity contribution in [3.63, 3.8) is 0 Å². The van der Waals surface area contributed by atoms with Crippen LogP contribution in [0.3, 0.4) is 0 Å². The van der Waals surface area contributed by atoms with Crippen molar-refractivity contribution in [1.82, 2.24) is 10.2 Å². The Morgan fingerprint density at radius 3 is 2.67 bits per heavy atom. The Morgan fingerprint density at radius 2 is 1.92 bits per heavy atom. The second-order valence-electron chi connectivity index (χ2n) is 7.73. The van der Waals surface area contributed by atoms with E-state index in [1.165, 1.54) is 63.1 Å². The number of hydrogen-bond donors (Lipinski definition) is 1. The predicted octanol–water partition coefficient (Wildman–Crippen LogP) is 5.02. The van der Waals surface area contributed by atoms with Crippen molar-refractivity contribution in [2.24, 2.45) is 0 Å². The van der Waals surface area contributed by atoms with E-state index in [9.17, 15) is 4.39 Å². The monoisotopic (exact) mass is 330 g/mol. The van der Waals surface area contributed by atoms with Gasteiger partial charge in [-0.3, -0.25) is 4.90 Å². The summed E-state index contributed by atoms with van der Waals surface area (Å²) in [5.74, 6) is -0.126. The molecule has 2 heterocycles. The largest absolute Gasteiger partial charge is 0.380 e. The number of allylic oxidation sites excluding steroid dienone is 6. The smallest absolute Gasteiger partial charge is 0.0968 e. The van der Waals surface area contributed by atoms with E-state index < -0.39 is 0 Å². The Kier molecular flexibility index (Phi) is 5.60. The zero-order valence-electron chi connectivity index (χ0n) is 15.2. The van der Waals surface area contributed by atoms with Crippen LogP contribution in [0.25, 0.3) is 0 Å². The van der Waals surface area contributed by atoms with Crippen molar-refractivity contribution >= 4 is 0 Å². The number of nitrogens with one attached hydrogen (secondary N) is 1. The van der Waals surface area contributed by atoms with Gasteiger partial charge in [-0.15, -0.1) is 0 Å². The van der Waals surface area contributed by atoms with E-state index in [0.29, 0.717) is 5.54 Å². The topological polar surface area (TPSA) is 15.3 Å². The van der Waals surface area contributed by atoms with Gasteiger partial charge in [0.2, 0.25) is 0 Å². The molecule has 0 aromatic rings. The minimum absolute atomic E-state index is 0.126. The van der Waals surface area contributed by atoms with Crippen LogP contribution in [0.15, 0.2) is 47.0 Å². The quantitative estimate of drug-likeness (QED) is 0.731. The minimum Gasteiger partial charge on any atom is -0.380 e. The minimum atomic E-state index is -0.126. The lowest BCUT2D eigenvalue weighted by atomic mass is 9.83. The standard InChI is InChI=1S/C21H31FN2/c1-17(9-10-18(2)22)16-24-14-12-21(13-15-24)11-5-7-19-6-3-4-8-20(19)23-21/h6,8-10,23H,3-5,7,11-16H2,1-2H3/b17-9+,18-10+. The first kappa shape index (κ1) is 17.5. The normalized spacial score (nSPS) is 25.5. The first-order valence-corrected chi connectivity index (χ1v) is 9.46. The van der Waals surface area contributed by atoms with Crippen LogP contribution in [0.2, 0.25) is 0 Å². The molecule has 0 aromatic heterocycles. The van der Waals surface area contributed by atoms with Crippen molar-refractivity contribution in [2.75, 3.05) is 19.6 Å². The molecule has 24 heavy (non-hydrogen) atoms. The van der Waals surface area contributed by atoms with Gasteiger partial charge in [0.05, 0.1) is 5.83 Å². The number of hydrogen-bond acceptors (Lipinski definition) is 2. The van der Waals surface area contributed by atoms with Gasteiger partial charge in [-0.2, -0.15) is 0 Å². The highest BCUT2D eigenvalue weighted by Gasteiger charge is 2.36. The Balaban J connectivity index is 1.58. The molecule has 3 heteroatoms. The van der Waals surface area contributed by atoms with Gasteiger partial charge in [0.1, 0.15) is 0 Å². The number of fused-ring (bicyclic) bond motifs is 1. The highest BCUT2D eigenvalue weighted by molar-refractivity contribution is 5.34. The van der Waals surface area contributed by atoms with Gasteiger partial charge in [-0.05, 0) is 70.4 Å². The summed E-state index contributed by atoms with van der Waals surface area (Å²) in [5.41, 5.74) is 4.50. The summed E-state index contributed by atoms with van der Waals surface area (Å²) in [6.45, 7) is 6.80. The van der Waals surface area contributed by atoms with E-state index in [4.69, 9.17) is 0 Å². The molecule has 3 aliphatic rings. The lowest BCUT2D eigenvalue weighted by Gasteiger charge is -2.43. The maximum absolute atomic E-state index is 12.8. The molecular formula is C21H31FN2. The van der Waals surface area contributed by atoms with E-state index in [1.807, 2.05) is 6.08 Å². The predicted molar refractivity (Wildman–Crippen MR) is 99.4 cm³/mol. The molecule has 0 amide bonds. The summed E-state index contributed by atoms with van der Waals surface area (Å²) in [7, 11) is 0. The molecule has 132 valence electrons. The molecule has 2 aliphatic heterocycles. The average molecular weight is 330 g/mol. The fourth-order valence-electron chi connectivity index (χ4n) is 4.24. The molecule has 0 unspecified atom stereocenters. The van der Waals surface area contributed by atoms with E-state index in [1.54, 1.807) is 11.6 Å². The Morgan fingerprint density at radius 1 is 1.17 bits per heavy atom. The summed E-state index contributed by atoms with van der Waals surface area (Å²) >= 11 is 0. The highest BCUT2D eigenvalue weighted by Crippen LogP contribution is 2.36. The Hall–Kier alpha value is -1.35. The lowest BCUT2D eigenvalue weighted by Crippen LogP contribution is -2.52. The van der Waals surface area contributed by atoms with Crippen LogP contribution in [-0.2, 0) is 0 Å². The second kappa shape index (κ2) is 7.69. The van der Waals surface area contributed by atoms with Gasteiger partial charge in [0, 0.05) is 30.9 Å². The van der Waals surface area contributed by atoms with Crippen molar-refractivity contribution < 1.29 is 4.39 Å². The molecule has 0 radical (unpaired) electrons. The van der Waals surface area contributed by atoms with E-state index in [-0.39, 0.29) is 5.83 Å². The van der Waals surface area contributed by atoms with Crippen LogP contribution < -0.4 is 5.32 Å². The lowest BCUT2D eigenvalue weighted by molar-refractivity contribution is 0.145. The number of nitrogens with zero attached hydrogens (tertiary/aromatic N) is 1. The van der Waals surface area contributed by atoms with E-state index in [0.717, 1.165) is 19.6 Å². The van der Waals surface area contributed by atoms with Crippen LogP contribution in [0.1, 0.15) is 58.8 Å². The molecule has 0 aromatic carbocycles. The summed E-state index contributed by atoms with van der Waals surface area (Å²) in [5, 5.41) is 3.94. The highest BCUT2D eigenvalue weighted by atomic mass is 19.1. The van der Waals surface area contributed by atoms with Crippen molar-refractivity contribution in [3.05, 3.63) is 47.0 Å². The average Bonchev–Trinajstić information content (AvgIpc) is 2.74. The molecule has 0 saturated carbocycles. The zero-order chi connectivity index (χ0) is 17.0. The Labute approximate surface area is 146 Å². The molecule has 3 rings (SSSR count). The number of likely N-dealkylation sites (tertiary alicyclic amines) is 1. The number of halogens is 1. The van der Waals surface area contributed by atoms with Gasteiger partial charge in [-0.1, -0.05) is 23.8 Å². The molecule has 0 bridgehead atoms. The molecule has 2 nitrogen and oxygen atoms in total. The molecule has 1 N–H and O–H groups in total. The molecule has 1 aliphatic carbocycles. The second-order valence-corrected chi connectivity index (χ2v) is 7.73. The molecule has 2 saturated heterocycles. The van der Waals surface area contributed by atoms with Crippen molar-refractivity contribution in [3.8, 4) is 0 Å². The van der Waals surface area contributed by atoms with Crippen LogP contribution in [0.5, 0.6) is 0 Å². The van der Waals surface area contributed by atoms with Gasteiger partial charge in [-0.25, -0.2) is 4.39 Å². The van der Waals surface area contributed by atoms with Crippen LogP contribution in [0, 0.1) is 0 Å². The number of rotatable bonds is 3. The van der Waals surface area contributed by atoms with Crippen LogP contribution in [0.4, 0.5) is 4.39 Å². The summed E-state index contributed by atoms with van der Waals surface area (Å²) in [6, 6.07) is 0. The maximum Gasteiger partial charge on any atom is 0.0968 e. The SMILES string of the molecule is C/C(F)=C\C=C(/C)CN1CCC2(CCCC3=CCCC=C3N2)CC1. The number of piperidine rings is 1. The van der Waals surface area contributed by atoms with Gasteiger partial charge < -0.3 is 5.32 Å². The fraction of sp³-hybridized carbons (Fsp3) is 0.619. The third kappa shape index (κ3) is 4.38. The third-order valence-electron chi connectivity index (χ3n) is 5.64. The molecule has 0 atom stereocenters. The fourth-order valence-corrected chi connectivity index (χ4v) is 4.24. The first-order chi connectivity index (χ1) is 11.6. The summed E-state index contributed by atoms with van der Waals surface area (Å²) in [6.07, 6.45) is 17.0. The van der Waals surface area contributed by atoms with Crippen LogP contribution >= 0.6 is 0 Å². The molecular weight excluding hydrogens is 299 g/mol. The van der Waals surface area contributed by atoms with Gasteiger partial charge >= 0.3 is 0 Å². The van der Waals surface area contributed by atoms with Gasteiger partial charge in [0.15, 0.2) is 0 Å². The van der Waals surface area contributed by atoms with E-state index >= 15 is 0 Å². The van der Waals surface area contributed by atoms with E-state index in [2.05, 4.69) is 29.3 Å². The summed E-state index contributed by atoms with van der Waals surface area (Å²) < 4.78 is 12.8. The maximum atomic E-state index is 12.8. The van der Waals surface area contributed by atoms with Gasteiger partial charge in [0.25, 0.3) is 0 Å². The van der Waals surface area contributed by atoms with Crippen molar-refractivity contribution in [2.45, 2.75) is 64.3 Å². The summed E-state index contributed by atoms with van der Waals surface area (Å²) in [4.78, 5) is 2.51. The Bertz CT molecular complexity index is 571. The van der Waals surface area contributed by atoms with Crippen LogP contribution in [-0.4, -0.2) is 30.1 Å². The molecule has 1 spiro atoms. The zero-order valence-corrected chi connectivity index (χ0v) is 15.2. The molecule has 2 fully saturated rings. The third-order valence-corrected chi connectivity index (χ3v) is 5.64. The first-order valence-electron chi connectivity index (χ1n) is 9.46. The van der Waals surface area contributed by atoms with Crippen molar-refractivity contribution in [1.29, 1.82) is 0 Å².